The third-order valence-corrected chi connectivity index (χ3v) is 4.21. The fourth-order valence-electron chi connectivity index (χ4n) is 3.04. The Morgan fingerprint density at radius 1 is 1.25 bits per heavy atom. The van der Waals surface area contributed by atoms with E-state index in [0.29, 0.717) is 13.1 Å². The smallest absolute Gasteiger partial charge is 0.0988 e. The maximum absolute atomic E-state index is 9.80. The largest absolute Gasteiger partial charge is 0.395 e. The van der Waals surface area contributed by atoms with Crippen molar-refractivity contribution in [2.24, 2.45) is 0 Å². The van der Waals surface area contributed by atoms with Crippen molar-refractivity contribution in [3.63, 3.8) is 0 Å². The van der Waals surface area contributed by atoms with Gasteiger partial charge in [0.15, 0.2) is 0 Å². The first-order valence-electron chi connectivity index (χ1n) is 6.96. The summed E-state index contributed by atoms with van der Waals surface area (Å²) in [4.78, 5) is 5.20. The molecule has 3 atom stereocenters. The standard InChI is InChI=1S/C15H20N2O3/c18-9-13-15(20)14(19)8-17(13)6-5-10-7-16-12-4-2-1-3-11(10)12/h1-4,7,13-16,18-20H,5-6,8-9H2/t13-,14+,15-/m1/s1. The predicted molar refractivity (Wildman–Crippen MR) is 76.5 cm³/mol. The summed E-state index contributed by atoms with van der Waals surface area (Å²) in [5.74, 6) is 0. The maximum Gasteiger partial charge on any atom is 0.0988 e. The first kappa shape index (κ1) is 13.6. The molecule has 1 aromatic heterocycles. The van der Waals surface area contributed by atoms with Gasteiger partial charge in [-0.3, -0.25) is 4.90 Å². The molecule has 1 aliphatic heterocycles. The third-order valence-electron chi connectivity index (χ3n) is 4.21. The molecule has 0 bridgehead atoms. The zero-order valence-corrected chi connectivity index (χ0v) is 11.2. The number of likely N-dealkylation sites (tertiary alicyclic amines) is 1. The highest BCUT2D eigenvalue weighted by atomic mass is 16.3. The molecule has 3 rings (SSSR count). The van der Waals surface area contributed by atoms with Crippen LogP contribution in [0, 0.1) is 0 Å². The van der Waals surface area contributed by atoms with Crippen molar-refractivity contribution in [1.82, 2.24) is 9.88 Å². The number of rotatable bonds is 4. The Morgan fingerprint density at radius 2 is 2.05 bits per heavy atom. The SMILES string of the molecule is OC[C@@H]1[C@@H](O)[C@@H](O)CN1CCc1c[nH]c2ccccc12. The average molecular weight is 276 g/mol. The lowest BCUT2D eigenvalue weighted by molar-refractivity contribution is 0.0218. The van der Waals surface area contributed by atoms with Crippen molar-refractivity contribution in [2.75, 3.05) is 19.7 Å². The predicted octanol–water partition coefficient (Wildman–Crippen LogP) is 0.109. The van der Waals surface area contributed by atoms with Crippen LogP contribution in [0.4, 0.5) is 0 Å². The van der Waals surface area contributed by atoms with Gasteiger partial charge in [-0.05, 0) is 18.1 Å². The molecule has 5 nitrogen and oxygen atoms in total. The number of aliphatic hydroxyl groups is 3. The number of nitrogens with zero attached hydrogens (tertiary/aromatic N) is 1. The summed E-state index contributed by atoms with van der Waals surface area (Å²) in [5, 5.41) is 30.0. The molecule has 0 saturated carbocycles. The summed E-state index contributed by atoms with van der Waals surface area (Å²) in [6.45, 7) is 0.988. The Labute approximate surface area is 117 Å². The highest BCUT2D eigenvalue weighted by Gasteiger charge is 2.38. The van der Waals surface area contributed by atoms with Gasteiger partial charge < -0.3 is 20.3 Å². The summed E-state index contributed by atoms with van der Waals surface area (Å²) in [6, 6.07) is 7.77. The molecule has 0 spiro atoms. The van der Waals surface area contributed by atoms with E-state index in [2.05, 4.69) is 11.1 Å². The lowest BCUT2D eigenvalue weighted by atomic mass is 10.1. The van der Waals surface area contributed by atoms with Crippen LogP contribution in [0.15, 0.2) is 30.5 Å². The number of aliphatic hydroxyl groups excluding tert-OH is 3. The van der Waals surface area contributed by atoms with Gasteiger partial charge in [0, 0.05) is 30.2 Å². The molecule has 108 valence electrons. The Bertz CT molecular complexity index is 583. The fourth-order valence-corrected chi connectivity index (χ4v) is 3.04. The highest BCUT2D eigenvalue weighted by Crippen LogP contribution is 2.22. The zero-order chi connectivity index (χ0) is 14.1. The molecule has 20 heavy (non-hydrogen) atoms. The molecule has 2 heterocycles. The van der Waals surface area contributed by atoms with Gasteiger partial charge in [-0.2, -0.15) is 0 Å². The third kappa shape index (κ3) is 2.33. The Balaban J connectivity index is 1.70. The van der Waals surface area contributed by atoms with Gasteiger partial charge >= 0.3 is 0 Å². The average Bonchev–Trinajstić information content (AvgIpc) is 2.99. The molecule has 0 amide bonds. The van der Waals surface area contributed by atoms with E-state index in [4.69, 9.17) is 0 Å². The van der Waals surface area contributed by atoms with E-state index < -0.39 is 12.2 Å². The van der Waals surface area contributed by atoms with Crippen molar-refractivity contribution in [1.29, 1.82) is 0 Å². The van der Waals surface area contributed by atoms with Gasteiger partial charge in [-0.25, -0.2) is 0 Å². The number of β-amino-alcohol motifs (C(OH)–C–C–N with tert-alkyl or cyclic N) is 1. The monoisotopic (exact) mass is 276 g/mol. The fraction of sp³-hybridized carbons (Fsp3) is 0.467. The van der Waals surface area contributed by atoms with Crippen LogP contribution in [-0.2, 0) is 6.42 Å². The van der Waals surface area contributed by atoms with Gasteiger partial charge in [0.05, 0.1) is 24.9 Å². The lowest BCUT2D eigenvalue weighted by Gasteiger charge is -2.23. The summed E-state index contributed by atoms with van der Waals surface area (Å²) in [6.07, 6.45) is 1.19. The van der Waals surface area contributed by atoms with Gasteiger partial charge in [0.2, 0.25) is 0 Å². The number of benzene rings is 1. The van der Waals surface area contributed by atoms with Crippen LogP contribution < -0.4 is 0 Å². The number of fused-ring (bicyclic) bond motifs is 1. The molecule has 1 saturated heterocycles. The highest BCUT2D eigenvalue weighted by molar-refractivity contribution is 5.83. The topological polar surface area (TPSA) is 79.7 Å². The Kier molecular flexibility index (Phi) is 3.76. The quantitative estimate of drug-likeness (QED) is 0.639. The van der Waals surface area contributed by atoms with E-state index in [1.807, 2.05) is 29.3 Å². The van der Waals surface area contributed by atoms with E-state index in [9.17, 15) is 15.3 Å². The summed E-state index contributed by atoms with van der Waals surface area (Å²) >= 11 is 0. The zero-order valence-electron chi connectivity index (χ0n) is 11.2. The second-order valence-electron chi connectivity index (χ2n) is 5.41. The molecule has 1 aromatic carbocycles. The van der Waals surface area contributed by atoms with Gasteiger partial charge in [-0.1, -0.05) is 18.2 Å². The van der Waals surface area contributed by atoms with Crippen molar-refractivity contribution < 1.29 is 15.3 Å². The number of para-hydroxylation sites is 1. The second kappa shape index (κ2) is 5.54. The van der Waals surface area contributed by atoms with Crippen LogP contribution >= 0.6 is 0 Å². The molecule has 0 radical (unpaired) electrons. The Hall–Kier alpha value is -1.40. The van der Waals surface area contributed by atoms with Crippen LogP contribution in [0.2, 0.25) is 0 Å². The molecule has 2 aromatic rings. The van der Waals surface area contributed by atoms with Gasteiger partial charge in [-0.15, -0.1) is 0 Å². The van der Waals surface area contributed by atoms with E-state index in [1.165, 1.54) is 10.9 Å². The number of nitrogens with one attached hydrogen (secondary N) is 1. The molecule has 5 heteroatoms. The van der Waals surface area contributed by atoms with E-state index >= 15 is 0 Å². The normalized spacial score (nSPS) is 27.4. The number of aromatic nitrogens is 1. The minimum atomic E-state index is -0.858. The molecular formula is C15H20N2O3. The van der Waals surface area contributed by atoms with Crippen LogP contribution in [0.3, 0.4) is 0 Å². The second-order valence-corrected chi connectivity index (χ2v) is 5.41. The molecule has 0 aliphatic carbocycles. The number of hydrogen-bond acceptors (Lipinski definition) is 4. The summed E-state index contributed by atoms with van der Waals surface area (Å²) < 4.78 is 0. The van der Waals surface area contributed by atoms with Crippen molar-refractivity contribution in [2.45, 2.75) is 24.7 Å². The lowest BCUT2D eigenvalue weighted by Crippen LogP contribution is -2.39. The van der Waals surface area contributed by atoms with Crippen LogP contribution in [-0.4, -0.2) is 63.1 Å². The minimum absolute atomic E-state index is 0.133. The Morgan fingerprint density at radius 3 is 2.85 bits per heavy atom. The van der Waals surface area contributed by atoms with Crippen molar-refractivity contribution >= 4 is 10.9 Å². The summed E-state index contributed by atoms with van der Waals surface area (Å²) in [5.41, 5.74) is 2.33. The molecule has 1 aliphatic rings. The van der Waals surface area contributed by atoms with E-state index in [-0.39, 0.29) is 12.6 Å². The summed E-state index contributed by atoms with van der Waals surface area (Å²) in [7, 11) is 0. The van der Waals surface area contributed by atoms with Crippen molar-refractivity contribution in [3.05, 3.63) is 36.0 Å². The van der Waals surface area contributed by atoms with Gasteiger partial charge in [0.1, 0.15) is 0 Å². The molecular weight excluding hydrogens is 256 g/mol. The van der Waals surface area contributed by atoms with E-state index in [0.717, 1.165) is 11.9 Å². The van der Waals surface area contributed by atoms with E-state index in [1.54, 1.807) is 0 Å². The molecule has 4 N–H and O–H groups in total. The van der Waals surface area contributed by atoms with Crippen molar-refractivity contribution in [3.8, 4) is 0 Å². The number of hydrogen-bond donors (Lipinski definition) is 4. The number of H-pyrrole nitrogens is 1. The van der Waals surface area contributed by atoms with Crippen LogP contribution in [0.25, 0.3) is 10.9 Å². The van der Waals surface area contributed by atoms with Gasteiger partial charge in [0.25, 0.3) is 0 Å². The first-order valence-corrected chi connectivity index (χ1v) is 6.96. The first-order chi connectivity index (χ1) is 9.70. The number of aromatic amines is 1. The molecule has 0 unspecified atom stereocenters. The molecule has 1 fully saturated rings. The van der Waals surface area contributed by atoms with Crippen LogP contribution in [0.5, 0.6) is 0 Å². The maximum atomic E-state index is 9.80. The van der Waals surface area contributed by atoms with Crippen LogP contribution in [0.1, 0.15) is 5.56 Å². The minimum Gasteiger partial charge on any atom is -0.395 e.